The largest absolute Gasteiger partial charge is 0.440 e. The molecule has 3 aromatic heterocycles. The third-order valence-corrected chi connectivity index (χ3v) is 7.65. The predicted octanol–water partition coefficient (Wildman–Crippen LogP) is 5.13. The Hall–Kier alpha value is -5.56. The van der Waals surface area contributed by atoms with Crippen LogP contribution >= 0.6 is 11.3 Å². The highest BCUT2D eigenvalue weighted by molar-refractivity contribution is 7.20. The van der Waals surface area contributed by atoms with Crippen LogP contribution < -0.4 is 16.0 Å². The number of hydrogen-bond donors (Lipinski definition) is 3. The lowest BCUT2D eigenvalue weighted by atomic mass is 9.94. The smallest absolute Gasteiger partial charge is 0.417 e. The summed E-state index contributed by atoms with van der Waals surface area (Å²) >= 11 is 1.01. The number of anilines is 2. The second kappa shape index (κ2) is 11.7. The first kappa shape index (κ1) is 29.0. The molecule has 5 rings (SSSR count). The Labute approximate surface area is 250 Å². The van der Waals surface area contributed by atoms with Crippen molar-refractivity contribution in [2.75, 3.05) is 10.6 Å². The average molecular weight is 598 g/mol. The van der Waals surface area contributed by atoms with Crippen LogP contribution in [0.1, 0.15) is 50.1 Å². The number of imidazole rings is 1. The van der Waals surface area contributed by atoms with Gasteiger partial charge < -0.3 is 25.3 Å². The molecule has 0 radical (unpaired) electrons. The highest BCUT2D eigenvalue weighted by atomic mass is 32.1. The molecule has 0 saturated heterocycles. The summed E-state index contributed by atoms with van der Waals surface area (Å²) in [6.45, 7) is 7.17. The highest BCUT2D eigenvalue weighted by Crippen LogP contribution is 2.33. The first-order valence-electron chi connectivity index (χ1n) is 13.0. The Kier molecular flexibility index (Phi) is 7.90. The number of fused-ring (bicyclic) bond motifs is 1. The van der Waals surface area contributed by atoms with E-state index in [9.17, 15) is 19.2 Å². The molecule has 3 N–H and O–H groups in total. The van der Waals surface area contributed by atoms with Gasteiger partial charge in [-0.25, -0.2) is 9.78 Å². The summed E-state index contributed by atoms with van der Waals surface area (Å²) in [5, 5.41) is 13.0. The number of para-hydroxylation sites is 1. The van der Waals surface area contributed by atoms with Crippen LogP contribution in [0.4, 0.5) is 16.3 Å². The van der Waals surface area contributed by atoms with Crippen molar-refractivity contribution in [3.63, 3.8) is 0 Å². The number of thiophene rings is 1. The van der Waals surface area contributed by atoms with Crippen LogP contribution in [0.5, 0.6) is 0 Å². The number of nitrogens with zero attached hydrogens (tertiary/aromatic N) is 4. The quantitative estimate of drug-likeness (QED) is 0.210. The Bertz CT molecular complexity index is 1870. The molecular formula is C30H27N7O5S. The molecule has 0 aliphatic heterocycles. The SMILES string of the molecule is C=COC(=O)n1nc(NC(=O)c2ccccc2NC(=O)c2nccn2C)c2cc(C(=O)NC(C)(C)c3ccccc3)sc21. The standard InChI is InChI=1S/C30H27N7O5S/c1-5-42-29(41)37-28-20(17-22(43-28)26(39)34-30(2,3)18-11-7-6-8-12-18)23(35-37)33-25(38)19-13-9-10-14-21(19)32-27(40)24-31-15-16-36(24)4/h5-17H,1H2,2-4H3,(H,32,40)(H,34,39)(H,33,35,38). The van der Waals surface area contributed by atoms with E-state index in [0.29, 0.717) is 5.39 Å². The first-order valence-corrected chi connectivity index (χ1v) is 13.8. The van der Waals surface area contributed by atoms with Gasteiger partial charge in [-0.05, 0) is 37.6 Å². The summed E-state index contributed by atoms with van der Waals surface area (Å²) in [5.74, 6) is -1.31. The van der Waals surface area contributed by atoms with Crippen molar-refractivity contribution in [1.29, 1.82) is 0 Å². The van der Waals surface area contributed by atoms with Gasteiger partial charge in [0.05, 0.1) is 33.3 Å². The third kappa shape index (κ3) is 5.92. The van der Waals surface area contributed by atoms with E-state index in [2.05, 4.69) is 32.6 Å². The van der Waals surface area contributed by atoms with Gasteiger partial charge in [0.25, 0.3) is 17.7 Å². The van der Waals surface area contributed by atoms with Crippen LogP contribution in [-0.4, -0.2) is 43.1 Å². The molecule has 12 nitrogen and oxygen atoms in total. The number of aryl methyl sites for hydroxylation is 1. The number of carbonyl (C=O) groups is 4. The van der Waals surface area contributed by atoms with Gasteiger partial charge in [-0.2, -0.15) is 4.68 Å². The maximum Gasteiger partial charge on any atom is 0.440 e. The lowest BCUT2D eigenvalue weighted by Crippen LogP contribution is -2.40. The zero-order valence-electron chi connectivity index (χ0n) is 23.5. The van der Waals surface area contributed by atoms with E-state index < -0.39 is 23.4 Å². The molecule has 5 aromatic rings. The molecule has 0 fully saturated rings. The van der Waals surface area contributed by atoms with E-state index in [1.165, 1.54) is 12.3 Å². The average Bonchev–Trinajstić information content (AvgIpc) is 3.70. The van der Waals surface area contributed by atoms with Gasteiger partial charge in [0.2, 0.25) is 0 Å². The molecule has 0 aliphatic rings. The maximum absolute atomic E-state index is 13.5. The monoisotopic (exact) mass is 597 g/mol. The Morgan fingerprint density at radius 1 is 0.977 bits per heavy atom. The van der Waals surface area contributed by atoms with E-state index in [1.54, 1.807) is 42.1 Å². The minimum atomic E-state index is -0.873. The topological polar surface area (TPSA) is 149 Å². The van der Waals surface area contributed by atoms with Gasteiger partial charge in [0, 0.05) is 19.4 Å². The van der Waals surface area contributed by atoms with Crippen molar-refractivity contribution >= 4 is 56.9 Å². The molecule has 0 spiro atoms. The Morgan fingerprint density at radius 3 is 2.40 bits per heavy atom. The molecule has 13 heteroatoms. The Balaban J connectivity index is 1.45. The van der Waals surface area contributed by atoms with Gasteiger partial charge in [-0.1, -0.05) is 49.0 Å². The van der Waals surface area contributed by atoms with Crippen molar-refractivity contribution in [3.05, 3.63) is 108 Å². The van der Waals surface area contributed by atoms with Crippen LogP contribution in [0.3, 0.4) is 0 Å². The minimum Gasteiger partial charge on any atom is -0.417 e. The summed E-state index contributed by atoms with van der Waals surface area (Å²) < 4.78 is 7.42. The van der Waals surface area contributed by atoms with Gasteiger partial charge >= 0.3 is 6.09 Å². The molecule has 0 bridgehead atoms. The van der Waals surface area contributed by atoms with Crippen LogP contribution in [0.15, 0.2) is 85.9 Å². The van der Waals surface area contributed by atoms with E-state index in [1.807, 2.05) is 44.2 Å². The van der Waals surface area contributed by atoms with Crippen molar-refractivity contribution in [2.45, 2.75) is 19.4 Å². The fraction of sp³-hybridized carbons (Fsp3) is 0.133. The molecule has 43 heavy (non-hydrogen) atoms. The van der Waals surface area contributed by atoms with Crippen molar-refractivity contribution in [3.8, 4) is 0 Å². The lowest BCUT2D eigenvalue weighted by molar-refractivity contribution is 0.0915. The van der Waals surface area contributed by atoms with Crippen LogP contribution in [0.2, 0.25) is 0 Å². The van der Waals surface area contributed by atoms with Gasteiger partial charge in [-0.3, -0.25) is 14.4 Å². The molecule has 218 valence electrons. The van der Waals surface area contributed by atoms with Crippen molar-refractivity contribution < 1.29 is 23.9 Å². The van der Waals surface area contributed by atoms with E-state index in [-0.39, 0.29) is 38.5 Å². The Morgan fingerprint density at radius 2 is 1.70 bits per heavy atom. The van der Waals surface area contributed by atoms with E-state index in [0.717, 1.165) is 27.8 Å². The van der Waals surface area contributed by atoms with Gasteiger partial charge in [0.1, 0.15) is 4.83 Å². The molecular weight excluding hydrogens is 570 g/mol. The van der Waals surface area contributed by atoms with Crippen LogP contribution in [0, 0.1) is 0 Å². The molecule has 3 amide bonds. The molecule has 0 saturated carbocycles. The predicted molar refractivity (Wildman–Crippen MR) is 162 cm³/mol. The van der Waals surface area contributed by atoms with E-state index >= 15 is 0 Å². The number of carbonyl (C=O) groups excluding carboxylic acids is 4. The molecule has 0 atom stereocenters. The van der Waals surface area contributed by atoms with E-state index in [4.69, 9.17) is 4.74 Å². The fourth-order valence-electron chi connectivity index (χ4n) is 4.36. The summed E-state index contributed by atoms with van der Waals surface area (Å²) in [4.78, 5) is 56.8. The van der Waals surface area contributed by atoms with Gasteiger partial charge in [-0.15, -0.1) is 16.4 Å². The number of amides is 3. The molecule has 3 heterocycles. The second-order valence-corrected chi connectivity index (χ2v) is 10.9. The zero-order valence-corrected chi connectivity index (χ0v) is 24.3. The maximum atomic E-state index is 13.5. The highest BCUT2D eigenvalue weighted by Gasteiger charge is 2.28. The summed E-state index contributed by atoms with van der Waals surface area (Å²) in [6.07, 6.45) is 3.20. The lowest BCUT2D eigenvalue weighted by Gasteiger charge is -2.26. The van der Waals surface area contributed by atoms with Crippen LogP contribution in [-0.2, 0) is 17.3 Å². The van der Waals surface area contributed by atoms with Crippen molar-refractivity contribution in [1.82, 2.24) is 24.6 Å². The van der Waals surface area contributed by atoms with Crippen LogP contribution in [0.25, 0.3) is 10.2 Å². The molecule has 0 unspecified atom stereocenters. The van der Waals surface area contributed by atoms with Crippen molar-refractivity contribution in [2.24, 2.45) is 7.05 Å². The fourth-order valence-corrected chi connectivity index (χ4v) is 5.35. The second-order valence-electron chi connectivity index (χ2n) is 9.90. The zero-order chi connectivity index (χ0) is 30.7. The summed E-state index contributed by atoms with van der Waals surface area (Å²) in [5.41, 5.74) is 0.594. The summed E-state index contributed by atoms with van der Waals surface area (Å²) in [7, 11) is 1.68. The number of nitrogens with one attached hydrogen (secondary N) is 3. The number of rotatable bonds is 8. The minimum absolute atomic E-state index is 0.0175. The summed E-state index contributed by atoms with van der Waals surface area (Å²) in [6, 6.07) is 17.5. The molecule has 2 aromatic carbocycles. The number of benzene rings is 2. The van der Waals surface area contributed by atoms with Gasteiger partial charge in [0.15, 0.2) is 11.6 Å². The number of ether oxygens (including phenoxy) is 1. The number of aromatic nitrogens is 4. The normalized spacial score (nSPS) is 11.1. The first-order chi connectivity index (χ1) is 20.6. The third-order valence-electron chi connectivity index (χ3n) is 6.54. The number of hydrogen-bond acceptors (Lipinski definition) is 8. The molecule has 0 aliphatic carbocycles.